The number of aliphatic carboxylic acids is 1. The molecule has 164 valence electrons. The minimum Gasteiger partial charge on any atom is -0.481 e. The Morgan fingerprint density at radius 2 is 1.33 bits per heavy atom. The molecule has 0 saturated heterocycles. The lowest BCUT2D eigenvalue weighted by Crippen LogP contribution is -2.36. The van der Waals surface area contributed by atoms with Crippen molar-refractivity contribution in [2.75, 3.05) is 13.2 Å². The van der Waals surface area contributed by atoms with Crippen LogP contribution in [-0.2, 0) is 15.1 Å². The molecular weight excluding hydrogens is 380 g/mol. The minimum atomic E-state index is -1.83. The first-order valence-electron chi connectivity index (χ1n) is 10.3. The molecule has 0 aliphatic heterocycles. The van der Waals surface area contributed by atoms with Crippen molar-refractivity contribution >= 4 is 11.8 Å². The molecule has 0 bridgehead atoms. The Hall–Kier alpha value is -2.50. The number of ether oxygens (including phenoxy) is 1. The van der Waals surface area contributed by atoms with Crippen LogP contribution in [0.2, 0.25) is 0 Å². The normalized spacial score (nSPS) is 12.8. The molecule has 0 aliphatic rings. The van der Waals surface area contributed by atoms with Gasteiger partial charge in [0.2, 0.25) is 0 Å². The number of ketones is 1. The van der Waals surface area contributed by atoms with Gasteiger partial charge in [0.1, 0.15) is 0 Å². The Morgan fingerprint density at radius 3 is 1.77 bits per heavy atom. The van der Waals surface area contributed by atoms with Gasteiger partial charge in [-0.15, -0.1) is 0 Å². The fraction of sp³-hybridized carbons (Fsp3) is 0.440. The predicted molar refractivity (Wildman–Crippen MR) is 118 cm³/mol. The van der Waals surface area contributed by atoms with Gasteiger partial charge in [0.15, 0.2) is 11.4 Å². The maximum atomic E-state index is 12.6. The highest BCUT2D eigenvalue weighted by atomic mass is 16.5. The van der Waals surface area contributed by atoms with Crippen molar-refractivity contribution in [2.24, 2.45) is 11.8 Å². The third-order valence-corrected chi connectivity index (χ3v) is 4.27. The number of hydrogen-bond acceptors (Lipinski definition) is 4. The molecule has 2 N–H and O–H groups in total. The maximum absolute atomic E-state index is 12.6. The Morgan fingerprint density at radius 1 is 0.867 bits per heavy atom. The van der Waals surface area contributed by atoms with E-state index in [4.69, 9.17) is 9.84 Å². The standard InChI is InChI=1S/C17H16O4.C8H18O/c18-15(19)11-12-17(21,14-9-5-2-6-10-14)16(20)13-7-3-1-4-8-13;1-7(2)5-9-6-8(3)4/h1-10,21H,11-12H2,(H,18,19);7-8H,5-6H2,1-4H3. The van der Waals surface area contributed by atoms with E-state index in [0.717, 1.165) is 13.2 Å². The molecule has 0 fully saturated rings. The van der Waals surface area contributed by atoms with Crippen LogP contribution in [0.15, 0.2) is 60.7 Å². The zero-order chi connectivity index (χ0) is 22.6. The topological polar surface area (TPSA) is 83.8 Å². The van der Waals surface area contributed by atoms with Gasteiger partial charge in [0, 0.05) is 25.2 Å². The van der Waals surface area contributed by atoms with Gasteiger partial charge < -0.3 is 14.9 Å². The molecule has 0 heterocycles. The van der Waals surface area contributed by atoms with E-state index >= 15 is 0 Å². The highest BCUT2D eigenvalue weighted by molar-refractivity contribution is 6.03. The van der Waals surface area contributed by atoms with Crippen molar-refractivity contribution in [1.29, 1.82) is 0 Å². The van der Waals surface area contributed by atoms with Gasteiger partial charge >= 0.3 is 5.97 Å². The largest absolute Gasteiger partial charge is 0.481 e. The van der Waals surface area contributed by atoms with Gasteiger partial charge in [-0.2, -0.15) is 0 Å². The van der Waals surface area contributed by atoms with Crippen molar-refractivity contribution in [3.63, 3.8) is 0 Å². The highest BCUT2D eigenvalue weighted by Gasteiger charge is 2.38. The fourth-order valence-electron chi connectivity index (χ4n) is 2.76. The van der Waals surface area contributed by atoms with E-state index in [1.54, 1.807) is 60.7 Å². The number of aliphatic hydroxyl groups is 1. The van der Waals surface area contributed by atoms with Gasteiger partial charge in [0.05, 0.1) is 0 Å². The number of carbonyl (C=O) groups is 2. The van der Waals surface area contributed by atoms with E-state index in [-0.39, 0.29) is 12.8 Å². The SMILES string of the molecule is CC(C)COCC(C)C.O=C(O)CCC(O)(C(=O)c1ccccc1)c1ccccc1. The quantitative estimate of drug-likeness (QED) is 0.538. The Kier molecular flexibility index (Phi) is 11.0. The molecule has 30 heavy (non-hydrogen) atoms. The second-order valence-electron chi connectivity index (χ2n) is 8.14. The molecule has 0 saturated carbocycles. The summed E-state index contributed by atoms with van der Waals surface area (Å²) in [6, 6.07) is 16.8. The number of carbonyl (C=O) groups excluding carboxylic acids is 1. The van der Waals surface area contributed by atoms with Crippen molar-refractivity contribution in [2.45, 2.75) is 46.1 Å². The summed E-state index contributed by atoms with van der Waals surface area (Å²) in [6.45, 7) is 10.5. The van der Waals surface area contributed by atoms with E-state index in [2.05, 4.69) is 27.7 Å². The number of carboxylic acids is 1. The van der Waals surface area contributed by atoms with Crippen molar-refractivity contribution in [3.05, 3.63) is 71.8 Å². The lowest BCUT2D eigenvalue weighted by atomic mass is 9.82. The zero-order valence-corrected chi connectivity index (χ0v) is 18.4. The van der Waals surface area contributed by atoms with Crippen LogP contribution in [0.1, 0.15) is 56.5 Å². The summed E-state index contributed by atoms with van der Waals surface area (Å²) in [4.78, 5) is 23.5. The van der Waals surface area contributed by atoms with Crippen LogP contribution in [0.5, 0.6) is 0 Å². The van der Waals surface area contributed by atoms with Gasteiger partial charge in [-0.25, -0.2) is 0 Å². The molecular formula is C25H34O5. The zero-order valence-electron chi connectivity index (χ0n) is 18.4. The van der Waals surface area contributed by atoms with Gasteiger partial charge in [0.25, 0.3) is 0 Å². The molecule has 0 amide bonds. The fourth-order valence-corrected chi connectivity index (χ4v) is 2.76. The summed E-state index contributed by atoms with van der Waals surface area (Å²) < 4.78 is 5.36. The maximum Gasteiger partial charge on any atom is 0.303 e. The molecule has 5 heteroatoms. The van der Waals surface area contributed by atoms with E-state index in [1.165, 1.54) is 0 Å². The van der Waals surface area contributed by atoms with Crippen molar-refractivity contribution in [3.8, 4) is 0 Å². The molecule has 2 rings (SSSR count). The summed E-state index contributed by atoms with van der Waals surface area (Å²) in [5.41, 5.74) is -1.07. The lowest BCUT2D eigenvalue weighted by molar-refractivity contribution is -0.138. The summed E-state index contributed by atoms with van der Waals surface area (Å²) in [6.07, 6.45) is -0.454. The highest BCUT2D eigenvalue weighted by Crippen LogP contribution is 2.30. The third-order valence-electron chi connectivity index (χ3n) is 4.27. The smallest absolute Gasteiger partial charge is 0.303 e. The van der Waals surface area contributed by atoms with Crippen LogP contribution >= 0.6 is 0 Å². The average Bonchev–Trinajstić information content (AvgIpc) is 2.72. The second kappa shape index (κ2) is 12.9. The first-order chi connectivity index (χ1) is 14.2. The Labute approximate surface area is 179 Å². The molecule has 2 aromatic rings. The monoisotopic (exact) mass is 414 g/mol. The second-order valence-corrected chi connectivity index (χ2v) is 8.14. The predicted octanol–water partition coefficient (Wildman–Crippen LogP) is 4.94. The summed E-state index contributed by atoms with van der Waals surface area (Å²) in [7, 11) is 0. The molecule has 5 nitrogen and oxygen atoms in total. The summed E-state index contributed by atoms with van der Waals surface area (Å²) in [5, 5.41) is 19.7. The Balaban J connectivity index is 0.000000424. The van der Waals surface area contributed by atoms with E-state index in [0.29, 0.717) is 23.0 Å². The minimum absolute atomic E-state index is 0.167. The third kappa shape index (κ3) is 8.89. The Bertz CT molecular complexity index is 748. The first kappa shape index (κ1) is 25.5. The number of hydrogen-bond donors (Lipinski definition) is 2. The lowest BCUT2D eigenvalue weighted by Gasteiger charge is -2.27. The average molecular weight is 415 g/mol. The molecule has 0 aliphatic carbocycles. The molecule has 0 aromatic heterocycles. The van der Waals surface area contributed by atoms with Crippen LogP contribution in [0.3, 0.4) is 0 Å². The number of Topliss-reactive ketones (excluding diaryl/α,β-unsaturated/α-hetero) is 1. The van der Waals surface area contributed by atoms with E-state index in [9.17, 15) is 14.7 Å². The van der Waals surface area contributed by atoms with Crippen LogP contribution < -0.4 is 0 Å². The van der Waals surface area contributed by atoms with Gasteiger partial charge in [-0.1, -0.05) is 88.4 Å². The van der Waals surface area contributed by atoms with Crippen LogP contribution in [0, 0.1) is 11.8 Å². The molecule has 2 aromatic carbocycles. The summed E-state index contributed by atoms with van der Waals surface area (Å²) >= 11 is 0. The van der Waals surface area contributed by atoms with Gasteiger partial charge in [-0.3, -0.25) is 9.59 Å². The number of carboxylic acid groups (broad SMARTS) is 1. The van der Waals surface area contributed by atoms with Crippen LogP contribution in [0.4, 0.5) is 0 Å². The van der Waals surface area contributed by atoms with E-state index < -0.39 is 17.4 Å². The number of benzene rings is 2. The molecule has 0 spiro atoms. The molecule has 1 atom stereocenters. The first-order valence-corrected chi connectivity index (χ1v) is 10.3. The van der Waals surface area contributed by atoms with Crippen LogP contribution in [-0.4, -0.2) is 35.2 Å². The molecule has 0 radical (unpaired) electrons. The van der Waals surface area contributed by atoms with Gasteiger partial charge in [-0.05, 0) is 23.8 Å². The summed E-state index contributed by atoms with van der Waals surface area (Å²) in [5.74, 6) is -0.201. The number of rotatable bonds is 10. The molecule has 1 unspecified atom stereocenters. The van der Waals surface area contributed by atoms with Crippen molar-refractivity contribution < 1.29 is 24.5 Å². The van der Waals surface area contributed by atoms with E-state index in [1.807, 2.05) is 0 Å². The van der Waals surface area contributed by atoms with Crippen LogP contribution in [0.25, 0.3) is 0 Å². The van der Waals surface area contributed by atoms with Crippen molar-refractivity contribution in [1.82, 2.24) is 0 Å².